The van der Waals surface area contributed by atoms with E-state index >= 15 is 0 Å². The predicted octanol–water partition coefficient (Wildman–Crippen LogP) is 2.30. The number of carbonyl (C=O) groups excluding carboxylic acids is 1. The third-order valence-corrected chi connectivity index (χ3v) is 9.21. The molecule has 12 heteroatoms. The molecular formula is C33H40ClNO10. The summed E-state index contributed by atoms with van der Waals surface area (Å²) in [5, 5.41) is 66.9. The zero-order chi connectivity index (χ0) is 32.4. The number of phenols is 1. The van der Waals surface area contributed by atoms with Crippen LogP contribution >= 0.6 is 11.6 Å². The second-order valence-corrected chi connectivity index (χ2v) is 12.5. The fraction of sp³-hybridized carbons (Fsp3) is 0.485. The number of hydrogen-bond donors (Lipinski definition) is 7. The number of fused-ring (bicyclic) bond motifs is 1. The van der Waals surface area contributed by atoms with E-state index < -0.39 is 54.9 Å². The number of carbonyl (C=O) groups is 1. The van der Waals surface area contributed by atoms with Crippen LogP contribution in [0.3, 0.4) is 0 Å². The fourth-order valence-corrected chi connectivity index (χ4v) is 6.64. The summed E-state index contributed by atoms with van der Waals surface area (Å²) in [6, 6.07) is 10.3. The number of hydrogen-bond acceptors (Lipinski definition) is 10. The van der Waals surface area contributed by atoms with E-state index in [0.29, 0.717) is 21.9 Å². The SMILES string of the molecule is C/C(=C\c1ccc(O[C@@H]2O[C@H](/C(C)=C/COc3cccc(Cl)c3)[C@@H](O)[C@@H]2O)c(O)c1)C(=O)N[C@@H]1[C@H](O)[C@@H](O)[C@H]2CCC[C@H]2[C@@H]1O. The van der Waals surface area contributed by atoms with Gasteiger partial charge >= 0.3 is 0 Å². The normalized spacial score (nSPS) is 33.5. The molecule has 0 bridgehead atoms. The van der Waals surface area contributed by atoms with E-state index in [0.717, 1.165) is 19.3 Å². The van der Waals surface area contributed by atoms with Gasteiger partial charge in [0.25, 0.3) is 0 Å². The first-order valence-electron chi connectivity index (χ1n) is 15.0. The zero-order valence-corrected chi connectivity index (χ0v) is 25.7. The molecule has 0 aromatic heterocycles. The van der Waals surface area contributed by atoms with Gasteiger partial charge < -0.3 is 50.2 Å². The van der Waals surface area contributed by atoms with Crippen molar-refractivity contribution in [3.63, 3.8) is 0 Å². The second kappa shape index (κ2) is 14.1. The molecule has 0 unspecified atom stereocenters. The lowest BCUT2D eigenvalue weighted by molar-refractivity contribution is -0.139. The van der Waals surface area contributed by atoms with E-state index in [9.17, 15) is 35.4 Å². The number of aliphatic hydroxyl groups excluding tert-OH is 5. The van der Waals surface area contributed by atoms with Gasteiger partial charge in [-0.3, -0.25) is 4.79 Å². The number of amides is 1. The van der Waals surface area contributed by atoms with Crippen molar-refractivity contribution < 1.29 is 49.6 Å². The van der Waals surface area contributed by atoms with Gasteiger partial charge in [-0.2, -0.15) is 0 Å². The largest absolute Gasteiger partial charge is 0.504 e. The number of ether oxygens (including phenoxy) is 3. The Morgan fingerprint density at radius 3 is 2.42 bits per heavy atom. The van der Waals surface area contributed by atoms with Gasteiger partial charge in [0.05, 0.1) is 18.2 Å². The summed E-state index contributed by atoms with van der Waals surface area (Å²) in [5.41, 5.74) is 1.31. The van der Waals surface area contributed by atoms with Crippen molar-refractivity contribution in [3.8, 4) is 17.2 Å². The van der Waals surface area contributed by atoms with Gasteiger partial charge in [-0.05, 0) is 92.1 Å². The molecule has 1 heterocycles. The van der Waals surface area contributed by atoms with Crippen LogP contribution < -0.4 is 14.8 Å². The molecule has 2 aliphatic carbocycles. The molecule has 3 fully saturated rings. The summed E-state index contributed by atoms with van der Waals surface area (Å²) in [6.07, 6.45) is -2.59. The van der Waals surface area contributed by atoms with E-state index in [1.807, 2.05) is 0 Å². The van der Waals surface area contributed by atoms with Crippen LogP contribution in [-0.2, 0) is 9.53 Å². The lowest BCUT2D eigenvalue weighted by atomic mass is 9.73. The molecule has 1 amide bonds. The van der Waals surface area contributed by atoms with Gasteiger partial charge in [0.2, 0.25) is 12.2 Å². The highest BCUT2D eigenvalue weighted by atomic mass is 35.5. The maximum Gasteiger partial charge on any atom is 0.247 e. The van der Waals surface area contributed by atoms with E-state index in [-0.39, 0.29) is 35.5 Å². The average molecular weight is 646 g/mol. The van der Waals surface area contributed by atoms with Gasteiger partial charge in [0, 0.05) is 10.6 Å². The lowest BCUT2D eigenvalue weighted by Gasteiger charge is -2.43. The first-order valence-corrected chi connectivity index (χ1v) is 15.4. The van der Waals surface area contributed by atoms with Gasteiger partial charge in [-0.15, -0.1) is 0 Å². The van der Waals surface area contributed by atoms with Crippen LogP contribution in [0.1, 0.15) is 38.7 Å². The Balaban J connectivity index is 1.18. The minimum absolute atomic E-state index is 0.00867. The molecule has 5 rings (SSSR count). The number of nitrogens with one attached hydrogen (secondary N) is 1. The number of halogens is 1. The highest BCUT2D eigenvalue weighted by Crippen LogP contribution is 2.43. The molecule has 0 radical (unpaired) electrons. The Kier molecular flexibility index (Phi) is 10.4. The smallest absolute Gasteiger partial charge is 0.247 e. The Hall–Kier alpha value is -3.16. The Morgan fingerprint density at radius 1 is 0.978 bits per heavy atom. The summed E-state index contributed by atoms with van der Waals surface area (Å²) in [6.45, 7) is 3.45. The minimum atomic E-state index is -1.40. The zero-order valence-electron chi connectivity index (χ0n) is 25.0. The molecule has 2 saturated carbocycles. The lowest BCUT2D eigenvalue weighted by Crippen LogP contribution is -2.63. The van der Waals surface area contributed by atoms with Crippen LogP contribution in [0.4, 0.5) is 0 Å². The van der Waals surface area contributed by atoms with Gasteiger partial charge in [0.15, 0.2) is 11.5 Å². The van der Waals surface area contributed by atoms with Crippen LogP contribution in [-0.4, -0.2) is 92.1 Å². The highest BCUT2D eigenvalue weighted by molar-refractivity contribution is 6.30. The van der Waals surface area contributed by atoms with Crippen LogP contribution in [0.5, 0.6) is 17.2 Å². The second-order valence-electron chi connectivity index (χ2n) is 12.0. The number of aromatic hydroxyl groups is 1. The summed E-state index contributed by atoms with van der Waals surface area (Å²) >= 11 is 5.97. The summed E-state index contributed by atoms with van der Waals surface area (Å²) < 4.78 is 17.1. The number of rotatable bonds is 9. The Labute approximate surface area is 266 Å². The van der Waals surface area contributed by atoms with E-state index in [4.69, 9.17) is 25.8 Å². The summed E-state index contributed by atoms with van der Waals surface area (Å²) in [7, 11) is 0. The van der Waals surface area contributed by atoms with Crippen molar-refractivity contribution in [1.82, 2.24) is 5.32 Å². The van der Waals surface area contributed by atoms with Crippen LogP contribution in [0.25, 0.3) is 6.08 Å². The quantitative estimate of drug-likeness (QED) is 0.158. The van der Waals surface area contributed by atoms with Crippen LogP contribution in [0, 0.1) is 11.8 Å². The summed E-state index contributed by atoms with van der Waals surface area (Å²) in [5.74, 6) is -0.629. The number of aliphatic hydroxyl groups is 5. The Morgan fingerprint density at radius 2 is 1.71 bits per heavy atom. The standard InChI is InChI=1S/C33H40ClNO10/c1-16(11-12-43-20-6-3-5-19(34)15-20)31-29(40)30(41)33(45-31)44-24-10-9-18(14-23(24)36)13-17(2)32(42)35-25-26(37)21-7-4-8-22(21)27(38)28(25)39/h3,5-6,9-11,13-15,21-22,25-31,33,36-41H,4,7-8,12H2,1-2H3,(H,35,42)/b16-11+,17-13+/t21-,22+,25+,26+,27+,28+,29+,30+,31-,33-/m1/s1. The molecule has 2 aromatic carbocycles. The molecular weight excluding hydrogens is 606 g/mol. The third kappa shape index (κ3) is 7.30. The number of phenolic OH excluding ortho intramolecular Hbond substituents is 1. The monoisotopic (exact) mass is 645 g/mol. The highest BCUT2D eigenvalue weighted by Gasteiger charge is 2.51. The maximum atomic E-state index is 12.9. The molecule has 45 heavy (non-hydrogen) atoms. The molecule has 1 aliphatic heterocycles. The first-order chi connectivity index (χ1) is 21.4. The van der Waals surface area contributed by atoms with Crippen molar-refractivity contribution in [1.29, 1.82) is 0 Å². The maximum absolute atomic E-state index is 12.9. The molecule has 3 aliphatic rings. The minimum Gasteiger partial charge on any atom is -0.504 e. The summed E-state index contributed by atoms with van der Waals surface area (Å²) in [4.78, 5) is 12.9. The van der Waals surface area contributed by atoms with Crippen LogP contribution in [0.2, 0.25) is 5.02 Å². The molecule has 2 aromatic rings. The van der Waals surface area contributed by atoms with Gasteiger partial charge in [0.1, 0.15) is 36.8 Å². The van der Waals surface area contributed by atoms with E-state index in [1.165, 1.54) is 18.2 Å². The third-order valence-electron chi connectivity index (χ3n) is 8.97. The van der Waals surface area contributed by atoms with E-state index in [1.54, 1.807) is 50.3 Å². The average Bonchev–Trinajstić information content (AvgIpc) is 3.61. The first kappa shape index (κ1) is 33.2. The van der Waals surface area contributed by atoms with Crippen molar-refractivity contribution >= 4 is 23.6 Å². The van der Waals surface area contributed by atoms with Gasteiger partial charge in [-0.25, -0.2) is 0 Å². The molecule has 0 spiro atoms. The predicted molar refractivity (Wildman–Crippen MR) is 165 cm³/mol. The topological polar surface area (TPSA) is 178 Å². The fourth-order valence-electron chi connectivity index (χ4n) is 6.46. The van der Waals surface area contributed by atoms with E-state index in [2.05, 4.69) is 5.32 Å². The van der Waals surface area contributed by atoms with Gasteiger partial charge in [-0.1, -0.05) is 30.2 Å². The van der Waals surface area contributed by atoms with Crippen molar-refractivity contribution in [2.75, 3.05) is 6.61 Å². The molecule has 11 nitrogen and oxygen atoms in total. The molecule has 244 valence electrons. The van der Waals surface area contributed by atoms with Crippen molar-refractivity contribution in [3.05, 3.63) is 70.3 Å². The molecule has 7 N–H and O–H groups in total. The molecule has 1 saturated heterocycles. The molecule has 10 atom stereocenters. The van der Waals surface area contributed by atoms with Crippen LogP contribution in [0.15, 0.2) is 59.7 Å². The number of benzene rings is 2. The van der Waals surface area contributed by atoms with Crippen molar-refractivity contribution in [2.24, 2.45) is 11.8 Å². The Bertz CT molecular complexity index is 1430. The van der Waals surface area contributed by atoms with Crippen molar-refractivity contribution in [2.45, 2.75) is 82.1 Å².